The van der Waals surface area contributed by atoms with Crippen LogP contribution in [-0.2, 0) is 11.3 Å². The summed E-state index contributed by atoms with van der Waals surface area (Å²) in [7, 11) is 1.59. The first-order valence-corrected chi connectivity index (χ1v) is 8.28. The molecule has 0 spiro atoms. The number of amides is 1. The number of nitrogens with zero attached hydrogens (tertiary/aromatic N) is 3. The van der Waals surface area contributed by atoms with Crippen molar-refractivity contribution in [3.63, 3.8) is 0 Å². The van der Waals surface area contributed by atoms with Crippen molar-refractivity contribution in [1.29, 1.82) is 0 Å². The number of hydrogen-bond donors (Lipinski definition) is 0. The molecule has 134 valence electrons. The second kappa shape index (κ2) is 6.38. The number of carbonyl (C=O) groups is 1. The molecule has 1 fully saturated rings. The van der Waals surface area contributed by atoms with Crippen LogP contribution in [-0.4, -0.2) is 46.3 Å². The molecule has 0 bridgehead atoms. The summed E-state index contributed by atoms with van der Waals surface area (Å²) >= 11 is 0. The molecule has 7 heteroatoms. The number of likely N-dealkylation sites (tertiary alicyclic amines) is 1. The van der Waals surface area contributed by atoms with Crippen molar-refractivity contribution in [3.8, 4) is 5.75 Å². The van der Waals surface area contributed by atoms with Crippen LogP contribution in [0.25, 0.3) is 11.0 Å². The van der Waals surface area contributed by atoms with Crippen molar-refractivity contribution in [2.45, 2.75) is 32.9 Å². The molecule has 2 heterocycles. The maximum Gasteiger partial charge on any atom is 0.410 e. The molecule has 1 aromatic carbocycles. The van der Waals surface area contributed by atoms with E-state index < -0.39 is 5.60 Å². The zero-order valence-corrected chi connectivity index (χ0v) is 15.0. The highest BCUT2D eigenvalue weighted by atomic mass is 16.6. The monoisotopic (exact) mass is 345 g/mol. The van der Waals surface area contributed by atoms with Crippen LogP contribution in [0.1, 0.15) is 20.8 Å². The Morgan fingerprint density at radius 2 is 2.04 bits per heavy atom. The SMILES string of the molecule is COc1ccc2ncc(=O)n(CC3CN(C(=O)OC(C)(C)C)C3)c2c1. The summed E-state index contributed by atoms with van der Waals surface area (Å²) in [6.07, 6.45) is 1.02. The third kappa shape index (κ3) is 3.75. The summed E-state index contributed by atoms with van der Waals surface area (Å²) in [4.78, 5) is 30.1. The molecule has 0 atom stereocenters. The van der Waals surface area contributed by atoms with E-state index in [4.69, 9.17) is 9.47 Å². The number of aromatic nitrogens is 2. The standard InChI is InChI=1S/C18H23N3O4/c1-18(2,3)25-17(23)20-9-12(10-20)11-21-15-7-13(24-4)5-6-14(15)19-8-16(21)22/h5-8,12H,9-11H2,1-4H3. The topological polar surface area (TPSA) is 73.7 Å². The molecule has 0 N–H and O–H groups in total. The second-order valence-electron chi connectivity index (χ2n) is 7.31. The van der Waals surface area contributed by atoms with Crippen LogP contribution in [0.2, 0.25) is 0 Å². The lowest BCUT2D eigenvalue weighted by atomic mass is 10.0. The van der Waals surface area contributed by atoms with Crippen LogP contribution in [0, 0.1) is 5.92 Å². The molecular formula is C18H23N3O4. The van der Waals surface area contributed by atoms with Gasteiger partial charge in [-0.25, -0.2) is 9.78 Å². The first-order chi connectivity index (χ1) is 11.8. The van der Waals surface area contributed by atoms with E-state index in [9.17, 15) is 9.59 Å². The van der Waals surface area contributed by atoms with Gasteiger partial charge in [0, 0.05) is 31.6 Å². The van der Waals surface area contributed by atoms with Crippen LogP contribution < -0.4 is 10.3 Å². The van der Waals surface area contributed by atoms with Gasteiger partial charge in [-0.1, -0.05) is 0 Å². The third-order valence-electron chi connectivity index (χ3n) is 4.10. The van der Waals surface area contributed by atoms with Crippen LogP contribution >= 0.6 is 0 Å². The van der Waals surface area contributed by atoms with E-state index in [1.54, 1.807) is 16.6 Å². The van der Waals surface area contributed by atoms with Crippen molar-refractivity contribution in [2.75, 3.05) is 20.2 Å². The van der Waals surface area contributed by atoms with Gasteiger partial charge in [0.1, 0.15) is 11.4 Å². The second-order valence-corrected chi connectivity index (χ2v) is 7.31. The number of carbonyl (C=O) groups excluding carboxylic acids is 1. The number of ether oxygens (including phenoxy) is 2. The number of methoxy groups -OCH3 is 1. The van der Waals surface area contributed by atoms with Gasteiger partial charge in [0.15, 0.2) is 0 Å². The third-order valence-corrected chi connectivity index (χ3v) is 4.10. The molecule has 3 rings (SSSR count). The van der Waals surface area contributed by atoms with Crippen molar-refractivity contribution < 1.29 is 14.3 Å². The molecule has 7 nitrogen and oxygen atoms in total. The zero-order valence-electron chi connectivity index (χ0n) is 15.0. The van der Waals surface area contributed by atoms with Crippen molar-refractivity contribution in [2.24, 2.45) is 5.92 Å². The maximum absolute atomic E-state index is 12.3. The Kier molecular flexibility index (Phi) is 4.41. The Bertz CT molecular complexity index is 848. The highest BCUT2D eigenvalue weighted by Gasteiger charge is 2.34. The van der Waals surface area contributed by atoms with Crippen molar-refractivity contribution in [3.05, 3.63) is 34.7 Å². The Labute approximate surface area is 146 Å². The quantitative estimate of drug-likeness (QED) is 0.853. The molecule has 25 heavy (non-hydrogen) atoms. The normalized spacial score (nSPS) is 15.1. The molecule has 1 aliphatic rings. The number of benzene rings is 1. The smallest absolute Gasteiger partial charge is 0.410 e. The largest absolute Gasteiger partial charge is 0.497 e. The average molecular weight is 345 g/mol. The van der Waals surface area contributed by atoms with E-state index in [2.05, 4.69) is 4.98 Å². The van der Waals surface area contributed by atoms with Gasteiger partial charge in [-0.15, -0.1) is 0 Å². The Hall–Kier alpha value is -2.57. The fourth-order valence-corrected chi connectivity index (χ4v) is 2.88. The molecule has 0 saturated carbocycles. The number of fused-ring (bicyclic) bond motifs is 1. The summed E-state index contributed by atoms with van der Waals surface area (Å²) < 4.78 is 12.3. The fourth-order valence-electron chi connectivity index (χ4n) is 2.88. The van der Waals surface area contributed by atoms with Crippen LogP contribution in [0.15, 0.2) is 29.2 Å². The van der Waals surface area contributed by atoms with E-state index in [-0.39, 0.29) is 17.6 Å². The molecule has 1 aliphatic heterocycles. The van der Waals surface area contributed by atoms with Crippen LogP contribution in [0.5, 0.6) is 5.75 Å². The molecular weight excluding hydrogens is 322 g/mol. The molecule has 0 unspecified atom stereocenters. The van der Waals surface area contributed by atoms with Gasteiger partial charge < -0.3 is 18.9 Å². The van der Waals surface area contributed by atoms with Crippen molar-refractivity contribution in [1.82, 2.24) is 14.5 Å². The van der Waals surface area contributed by atoms with Gasteiger partial charge >= 0.3 is 6.09 Å². The maximum atomic E-state index is 12.3. The van der Waals surface area contributed by atoms with Gasteiger partial charge in [-0.05, 0) is 32.9 Å². The van der Waals surface area contributed by atoms with E-state index in [1.165, 1.54) is 6.20 Å². The summed E-state index contributed by atoms with van der Waals surface area (Å²) in [5.41, 5.74) is 0.819. The van der Waals surface area contributed by atoms with E-state index >= 15 is 0 Å². The molecule has 1 aromatic heterocycles. The predicted molar refractivity (Wildman–Crippen MR) is 93.9 cm³/mol. The fraction of sp³-hybridized carbons (Fsp3) is 0.500. The Balaban J connectivity index is 1.73. The van der Waals surface area contributed by atoms with Crippen molar-refractivity contribution >= 4 is 17.1 Å². The van der Waals surface area contributed by atoms with Crippen LogP contribution in [0.3, 0.4) is 0 Å². The van der Waals surface area contributed by atoms with E-state index in [0.29, 0.717) is 25.4 Å². The lowest BCUT2D eigenvalue weighted by Gasteiger charge is -2.40. The summed E-state index contributed by atoms with van der Waals surface area (Å²) in [5, 5.41) is 0. The summed E-state index contributed by atoms with van der Waals surface area (Å²) in [6.45, 7) is 7.23. The van der Waals surface area contributed by atoms with E-state index in [0.717, 1.165) is 11.0 Å². The number of hydrogen-bond acceptors (Lipinski definition) is 5. The molecule has 0 radical (unpaired) electrons. The minimum atomic E-state index is -0.503. The molecule has 0 aliphatic carbocycles. The summed E-state index contributed by atoms with van der Waals surface area (Å²) in [6, 6.07) is 5.46. The first kappa shape index (κ1) is 17.3. The lowest BCUT2D eigenvalue weighted by molar-refractivity contribution is -0.00328. The highest BCUT2D eigenvalue weighted by Crippen LogP contribution is 2.23. The zero-order chi connectivity index (χ0) is 18.2. The lowest BCUT2D eigenvalue weighted by Crippen LogP contribution is -2.53. The van der Waals surface area contributed by atoms with Crippen LogP contribution in [0.4, 0.5) is 4.79 Å². The average Bonchev–Trinajstić information content (AvgIpc) is 2.49. The Morgan fingerprint density at radius 1 is 1.32 bits per heavy atom. The van der Waals surface area contributed by atoms with Gasteiger partial charge in [0.25, 0.3) is 5.56 Å². The molecule has 2 aromatic rings. The molecule has 1 saturated heterocycles. The van der Waals surface area contributed by atoms with Gasteiger partial charge in [-0.3, -0.25) is 4.79 Å². The van der Waals surface area contributed by atoms with E-state index in [1.807, 2.05) is 39.0 Å². The minimum absolute atomic E-state index is 0.156. The molecule has 1 amide bonds. The predicted octanol–water partition coefficient (Wildman–Crippen LogP) is 2.27. The Morgan fingerprint density at radius 3 is 2.68 bits per heavy atom. The minimum Gasteiger partial charge on any atom is -0.497 e. The highest BCUT2D eigenvalue weighted by molar-refractivity contribution is 5.76. The van der Waals surface area contributed by atoms with Gasteiger partial charge in [-0.2, -0.15) is 0 Å². The number of rotatable bonds is 3. The summed E-state index contributed by atoms with van der Waals surface area (Å²) in [5.74, 6) is 0.889. The van der Waals surface area contributed by atoms with Gasteiger partial charge in [0.05, 0.1) is 24.3 Å². The van der Waals surface area contributed by atoms with Gasteiger partial charge in [0.2, 0.25) is 0 Å². The first-order valence-electron chi connectivity index (χ1n) is 8.28.